The van der Waals surface area contributed by atoms with Crippen LogP contribution in [0.2, 0.25) is 0 Å². The van der Waals surface area contributed by atoms with Crippen molar-refractivity contribution in [2.45, 2.75) is 62.9 Å². The molecule has 28 heavy (non-hydrogen) atoms. The molecular weight excluding hydrogens is 378 g/mol. The summed E-state index contributed by atoms with van der Waals surface area (Å²) in [7, 11) is -3.84. The zero-order chi connectivity index (χ0) is 19.9. The summed E-state index contributed by atoms with van der Waals surface area (Å²) in [6.45, 7) is 3.51. The number of rotatable bonds is 4. The van der Waals surface area contributed by atoms with Crippen molar-refractivity contribution in [3.63, 3.8) is 0 Å². The molecule has 1 N–H and O–H groups in total. The molecule has 150 valence electrons. The van der Waals surface area contributed by atoms with Gasteiger partial charge in [0.1, 0.15) is 16.6 Å². The minimum Gasteiger partial charge on any atom is -0.360 e. The quantitative estimate of drug-likeness (QED) is 0.847. The molecular formula is C20H25N3O4S. The predicted octanol–water partition coefficient (Wildman–Crippen LogP) is 2.64. The van der Waals surface area contributed by atoms with Crippen LogP contribution in [0.3, 0.4) is 0 Å². The van der Waals surface area contributed by atoms with Crippen LogP contribution in [0.25, 0.3) is 0 Å². The lowest BCUT2D eigenvalue weighted by atomic mass is 9.87. The highest BCUT2D eigenvalue weighted by Crippen LogP contribution is 2.32. The largest absolute Gasteiger partial charge is 0.360 e. The number of hydrogen-bond donors (Lipinski definition) is 1. The second-order valence-electron chi connectivity index (χ2n) is 7.58. The molecule has 8 heteroatoms. The van der Waals surface area contributed by atoms with Crippen LogP contribution in [0, 0.1) is 13.8 Å². The van der Waals surface area contributed by atoms with E-state index in [1.807, 2.05) is 18.2 Å². The van der Waals surface area contributed by atoms with Crippen molar-refractivity contribution in [1.82, 2.24) is 14.8 Å². The maximum Gasteiger partial charge on any atom is 0.249 e. The van der Waals surface area contributed by atoms with Crippen LogP contribution < -0.4 is 5.32 Å². The molecule has 2 heterocycles. The fourth-order valence-corrected chi connectivity index (χ4v) is 6.37. The second-order valence-corrected chi connectivity index (χ2v) is 9.41. The molecule has 1 aliphatic heterocycles. The van der Waals surface area contributed by atoms with Gasteiger partial charge in [-0.3, -0.25) is 4.79 Å². The molecule has 2 atom stereocenters. The molecule has 1 saturated heterocycles. The summed E-state index contributed by atoms with van der Waals surface area (Å²) in [5.41, 5.74) is 2.72. The van der Waals surface area contributed by atoms with Gasteiger partial charge in [-0.2, -0.15) is 4.31 Å². The number of carbonyl (C=O) groups excluding carboxylic acids is 1. The Morgan fingerprint density at radius 1 is 1.21 bits per heavy atom. The lowest BCUT2D eigenvalue weighted by molar-refractivity contribution is -0.125. The molecule has 1 amide bonds. The summed E-state index contributed by atoms with van der Waals surface area (Å²) in [6.07, 6.45) is 4.06. The van der Waals surface area contributed by atoms with E-state index in [-0.39, 0.29) is 22.6 Å². The fourth-order valence-electron chi connectivity index (χ4n) is 4.42. The molecule has 7 nitrogen and oxygen atoms in total. The normalized spacial score (nSPS) is 22.8. The number of sulfonamides is 1. The number of fused-ring (bicyclic) bond motifs is 1. The standard InChI is InChI=1S/C20H25N3O4S/c1-13-19(14(2)27-22-13)28(25,26)23-12-6-11-18(23)20(24)21-17-10-5-8-15-7-3-4-9-16(15)17/h3-4,7,9,17-18H,5-6,8,10-12H2,1-2H3,(H,21,24)/t17-,18-/m0/s1. The van der Waals surface area contributed by atoms with Gasteiger partial charge in [-0.15, -0.1) is 0 Å². The molecule has 1 aromatic carbocycles. The third kappa shape index (κ3) is 3.24. The van der Waals surface area contributed by atoms with E-state index >= 15 is 0 Å². The van der Waals surface area contributed by atoms with E-state index in [2.05, 4.69) is 16.5 Å². The Morgan fingerprint density at radius 3 is 2.75 bits per heavy atom. The second kappa shape index (κ2) is 7.33. The Kier molecular flexibility index (Phi) is 5.01. The van der Waals surface area contributed by atoms with Gasteiger partial charge in [0.15, 0.2) is 5.76 Å². The Bertz CT molecular complexity index is 979. The van der Waals surface area contributed by atoms with Gasteiger partial charge < -0.3 is 9.84 Å². The van der Waals surface area contributed by atoms with E-state index in [4.69, 9.17) is 4.52 Å². The Labute approximate surface area is 165 Å². The summed E-state index contributed by atoms with van der Waals surface area (Å²) < 4.78 is 32.7. The van der Waals surface area contributed by atoms with E-state index < -0.39 is 16.1 Å². The smallest absolute Gasteiger partial charge is 0.249 e. The number of carbonyl (C=O) groups is 1. The summed E-state index contributed by atoms with van der Waals surface area (Å²) in [4.78, 5) is 13.1. The third-order valence-corrected chi connectivity index (χ3v) is 7.88. The molecule has 0 saturated carbocycles. The first-order valence-corrected chi connectivity index (χ1v) is 11.2. The first kappa shape index (κ1) is 19.1. The highest BCUT2D eigenvalue weighted by atomic mass is 32.2. The molecule has 0 unspecified atom stereocenters. The summed E-state index contributed by atoms with van der Waals surface area (Å²) in [5, 5.41) is 6.87. The topological polar surface area (TPSA) is 92.5 Å². The van der Waals surface area contributed by atoms with E-state index in [0.717, 1.165) is 24.8 Å². The molecule has 4 rings (SSSR count). The highest BCUT2D eigenvalue weighted by Gasteiger charge is 2.42. The van der Waals surface area contributed by atoms with Gasteiger partial charge in [0.05, 0.1) is 6.04 Å². The fraction of sp³-hybridized carbons (Fsp3) is 0.500. The van der Waals surface area contributed by atoms with Crippen molar-refractivity contribution in [3.8, 4) is 0 Å². The van der Waals surface area contributed by atoms with Gasteiger partial charge >= 0.3 is 0 Å². The Morgan fingerprint density at radius 2 is 2.00 bits per heavy atom. The lowest BCUT2D eigenvalue weighted by Gasteiger charge is -2.29. The maximum absolute atomic E-state index is 13.2. The molecule has 1 aromatic heterocycles. The predicted molar refractivity (Wildman–Crippen MR) is 103 cm³/mol. The van der Waals surface area contributed by atoms with Crippen LogP contribution in [-0.4, -0.2) is 36.4 Å². The van der Waals surface area contributed by atoms with E-state index in [9.17, 15) is 13.2 Å². The van der Waals surface area contributed by atoms with Gasteiger partial charge in [0, 0.05) is 6.54 Å². The monoisotopic (exact) mass is 403 g/mol. The first-order valence-electron chi connectivity index (χ1n) is 9.72. The minimum absolute atomic E-state index is 0.0679. The number of aryl methyl sites for hydroxylation is 3. The van der Waals surface area contributed by atoms with Crippen molar-refractivity contribution in [2.75, 3.05) is 6.54 Å². The van der Waals surface area contributed by atoms with E-state index in [1.54, 1.807) is 13.8 Å². The van der Waals surface area contributed by atoms with Crippen molar-refractivity contribution < 1.29 is 17.7 Å². The van der Waals surface area contributed by atoms with Crippen molar-refractivity contribution in [2.24, 2.45) is 0 Å². The first-order chi connectivity index (χ1) is 13.4. The van der Waals surface area contributed by atoms with Crippen LogP contribution >= 0.6 is 0 Å². The molecule has 2 aliphatic rings. The summed E-state index contributed by atoms with van der Waals surface area (Å²) >= 11 is 0. The summed E-state index contributed by atoms with van der Waals surface area (Å²) in [6, 6.07) is 7.36. The molecule has 0 bridgehead atoms. The third-order valence-electron chi connectivity index (χ3n) is 5.73. The molecule has 2 aromatic rings. The molecule has 0 spiro atoms. The highest BCUT2D eigenvalue weighted by molar-refractivity contribution is 7.89. The van der Waals surface area contributed by atoms with Gasteiger partial charge in [0.25, 0.3) is 0 Å². The number of aromatic nitrogens is 1. The van der Waals surface area contributed by atoms with Crippen LogP contribution in [-0.2, 0) is 21.2 Å². The minimum atomic E-state index is -3.84. The molecule has 1 aliphatic carbocycles. The average molecular weight is 404 g/mol. The maximum atomic E-state index is 13.2. The van der Waals surface area contributed by atoms with E-state index in [0.29, 0.717) is 25.1 Å². The van der Waals surface area contributed by atoms with Crippen LogP contribution in [0.5, 0.6) is 0 Å². The van der Waals surface area contributed by atoms with E-state index in [1.165, 1.54) is 9.87 Å². The average Bonchev–Trinajstić information content (AvgIpc) is 3.29. The number of hydrogen-bond acceptors (Lipinski definition) is 5. The van der Waals surface area contributed by atoms with Crippen LogP contribution in [0.1, 0.15) is 54.3 Å². The zero-order valence-electron chi connectivity index (χ0n) is 16.1. The molecule has 1 fully saturated rings. The number of nitrogens with one attached hydrogen (secondary N) is 1. The summed E-state index contributed by atoms with van der Waals surface area (Å²) in [5.74, 6) is 0.0271. The number of benzene rings is 1. The Hall–Kier alpha value is -2.19. The van der Waals surface area contributed by atoms with Crippen molar-refractivity contribution in [3.05, 3.63) is 46.8 Å². The van der Waals surface area contributed by atoms with Crippen molar-refractivity contribution >= 4 is 15.9 Å². The van der Waals surface area contributed by atoms with Gasteiger partial charge in [-0.05, 0) is 57.1 Å². The SMILES string of the molecule is Cc1noc(C)c1S(=O)(=O)N1CCC[C@H]1C(=O)N[C@H]1CCCc2ccccc21. The van der Waals surface area contributed by atoms with Gasteiger partial charge in [0.2, 0.25) is 15.9 Å². The van der Waals surface area contributed by atoms with Crippen LogP contribution in [0.15, 0.2) is 33.7 Å². The Balaban J connectivity index is 1.57. The number of amides is 1. The zero-order valence-corrected chi connectivity index (χ0v) is 17.0. The van der Waals surface area contributed by atoms with Crippen LogP contribution in [0.4, 0.5) is 0 Å². The lowest BCUT2D eigenvalue weighted by Crippen LogP contribution is -2.47. The van der Waals surface area contributed by atoms with Gasteiger partial charge in [-0.25, -0.2) is 8.42 Å². The van der Waals surface area contributed by atoms with Gasteiger partial charge in [-0.1, -0.05) is 29.4 Å². The molecule has 0 radical (unpaired) electrons. The van der Waals surface area contributed by atoms with Crippen molar-refractivity contribution in [1.29, 1.82) is 0 Å². The number of nitrogens with zero attached hydrogens (tertiary/aromatic N) is 2.